The molecule has 1 amide bonds. The van der Waals surface area contributed by atoms with Gasteiger partial charge in [0.25, 0.3) is 0 Å². The lowest BCUT2D eigenvalue weighted by atomic mass is 9.41. The molecule has 7 atom stereocenters. The first-order valence-corrected chi connectivity index (χ1v) is 15.4. The number of fused-ring (bicyclic) bond motifs is 9. The van der Waals surface area contributed by atoms with Gasteiger partial charge < -0.3 is 29.6 Å². The lowest BCUT2D eigenvalue weighted by Crippen LogP contribution is -2.74. The quantitative estimate of drug-likeness (QED) is 0.402. The summed E-state index contributed by atoms with van der Waals surface area (Å²) < 4.78 is 19.5. The minimum Gasteiger partial charge on any atom is -0.382 e. The van der Waals surface area contributed by atoms with Gasteiger partial charge in [0.05, 0.1) is 6.10 Å². The highest BCUT2D eigenvalue weighted by Crippen LogP contribution is 2.72. The van der Waals surface area contributed by atoms with Crippen LogP contribution < -0.4 is 5.32 Å². The molecule has 0 radical (unpaired) electrons. The van der Waals surface area contributed by atoms with Crippen molar-refractivity contribution in [2.75, 3.05) is 11.9 Å². The fourth-order valence-corrected chi connectivity index (χ4v) is 9.48. The number of rotatable bonds is 4. The van der Waals surface area contributed by atoms with Gasteiger partial charge in [-0.1, -0.05) is 50.2 Å². The van der Waals surface area contributed by atoms with Crippen LogP contribution in [0.25, 0.3) is 10.9 Å². The van der Waals surface area contributed by atoms with E-state index in [0.717, 1.165) is 17.6 Å². The maximum Gasteiger partial charge on any atom is 0.250 e. The molecule has 2 aliphatic heterocycles. The molecule has 5 aliphatic rings. The molecule has 3 fully saturated rings. The molecule has 0 unspecified atom stereocenters. The molecular weight excluding hydrogens is 544 g/mol. The van der Waals surface area contributed by atoms with Crippen LogP contribution in [-0.2, 0) is 35.6 Å². The third kappa shape index (κ3) is 3.35. The van der Waals surface area contributed by atoms with E-state index in [4.69, 9.17) is 14.2 Å². The van der Waals surface area contributed by atoms with Crippen LogP contribution in [0.1, 0.15) is 58.2 Å². The molecule has 8 heteroatoms. The van der Waals surface area contributed by atoms with Crippen LogP contribution >= 0.6 is 0 Å². The van der Waals surface area contributed by atoms with Gasteiger partial charge in [-0.3, -0.25) is 9.59 Å². The van der Waals surface area contributed by atoms with Crippen molar-refractivity contribution in [3.63, 3.8) is 0 Å². The zero-order valence-electron chi connectivity index (χ0n) is 25.0. The highest BCUT2D eigenvalue weighted by Gasteiger charge is 2.78. The number of hydrogen-bond donors (Lipinski definition) is 3. The number of anilines is 1. The summed E-state index contributed by atoms with van der Waals surface area (Å²) in [5, 5.41) is 17.5. The summed E-state index contributed by atoms with van der Waals surface area (Å²) in [6.07, 6.45) is 2.50. The Morgan fingerprint density at radius 1 is 1.07 bits per heavy atom. The third-order valence-corrected chi connectivity index (χ3v) is 11.7. The van der Waals surface area contributed by atoms with Gasteiger partial charge in [-0.25, -0.2) is 0 Å². The van der Waals surface area contributed by atoms with Crippen LogP contribution in [0.3, 0.4) is 0 Å². The number of nitrogens with one attached hydrogen (secondary N) is 2. The highest BCUT2D eigenvalue weighted by molar-refractivity contribution is 5.97. The van der Waals surface area contributed by atoms with Crippen molar-refractivity contribution in [3.05, 3.63) is 77.5 Å². The van der Waals surface area contributed by atoms with Crippen molar-refractivity contribution in [2.45, 2.75) is 88.0 Å². The zero-order valence-corrected chi connectivity index (χ0v) is 25.0. The van der Waals surface area contributed by atoms with E-state index in [9.17, 15) is 14.7 Å². The molecule has 1 aromatic heterocycles. The topological polar surface area (TPSA) is 110 Å². The minimum absolute atomic E-state index is 0.148. The predicted molar refractivity (Wildman–Crippen MR) is 160 cm³/mol. The number of aromatic nitrogens is 1. The summed E-state index contributed by atoms with van der Waals surface area (Å²) in [6.45, 7) is 7.89. The van der Waals surface area contributed by atoms with Gasteiger partial charge >= 0.3 is 0 Å². The second-order valence-electron chi connectivity index (χ2n) is 14.1. The monoisotopic (exact) mass is 582 g/mol. The first-order chi connectivity index (χ1) is 20.4. The largest absolute Gasteiger partial charge is 0.382 e. The second-order valence-corrected chi connectivity index (χ2v) is 14.1. The smallest absolute Gasteiger partial charge is 0.250 e. The first kappa shape index (κ1) is 27.3. The third-order valence-electron chi connectivity index (χ3n) is 11.7. The number of aromatic amines is 1. The number of H-pyrrole nitrogens is 1. The number of para-hydroxylation sites is 2. The molecule has 1 spiro atoms. The average Bonchev–Trinajstić information content (AvgIpc) is 3.56. The van der Waals surface area contributed by atoms with Gasteiger partial charge in [0, 0.05) is 45.1 Å². The van der Waals surface area contributed by atoms with Crippen molar-refractivity contribution >= 4 is 28.3 Å². The van der Waals surface area contributed by atoms with E-state index in [1.165, 1.54) is 10.9 Å². The van der Waals surface area contributed by atoms with Gasteiger partial charge in [-0.2, -0.15) is 0 Å². The van der Waals surface area contributed by atoms with E-state index < -0.39 is 40.0 Å². The van der Waals surface area contributed by atoms with E-state index in [1.54, 1.807) is 6.08 Å². The minimum atomic E-state index is -1.65. The summed E-state index contributed by atoms with van der Waals surface area (Å²) in [4.78, 5) is 30.4. The number of benzene rings is 2. The lowest BCUT2D eigenvalue weighted by molar-refractivity contribution is -0.279. The highest BCUT2D eigenvalue weighted by atomic mass is 16.8. The van der Waals surface area contributed by atoms with Gasteiger partial charge in [0.15, 0.2) is 17.7 Å². The number of ketones is 1. The summed E-state index contributed by atoms with van der Waals surface area (Å²) >= 11 is 0. The summed E-state index contributed by atoms with van der Waals surface area (Å²) in [5.74, 6) is -1.60. The van der Waals surface area contributed by atoms with Crippen molar-refractivity contribution < 1.29 is 28.9 Å². The Hall–Kier alpha value is -3.30. The molecule has 2 saturated carbocycles. The van der Waals surface area contributed by atoms with E-state index in [-0.39, 0.29) is 24.2 Å². The van der Waals surface area contributed by atoms with Crippen LogP contribution in [0.15, 0.2) is 66.2 Å². The summed E-state index contributed by atoms with van der Waals surface area (Å²) in [5.41, 5.74) is 0.865. The van der Waals surface area contributed by atoms with Crippen LogP contribution in [0.4, 0.5) is 5.69 Å². The Kier molecular flexibility index (Phi) is 5.49. The molecule has 3 N–H and O–H groups in total. The molecule has 224 valence electrons. The maximum atomic E-state index is 13.5. The number of ether oxygens (including phenoxy) is 3. The van der Waals surface area contributed by atoms with Crippen molar-refractivity contribution in [1.82, 2.24) is 4.98 Å². The average molecular weight is 583 g/mol. The molecule has 43 heavy (non-hydrogen) atoms. The van der Waals surface area contributed by atoms with Gasteiger partial charge in [-0.15, -0.1) is 0 Å². The molecule has 2 bridgehead atoms. The Labute approximate surface area is 250 Å². The lowest BCUT2D eigenvalue weighted by Gasteiger charge is -2.67. The predicted octanol–water partition coefficient (Wildman–Crippen LogP) is 4.96. The second kappa shape index (κ2) is 8.66. The standard InChI is InChI=1S/C35H38N2O6/c1-31(2)30-25(38)18-26-34(42-30,43-31)15-14-32(3)33(4)20(16-23-22-12-8-9-13-24(22)37-29(23)33)17-27(35(26,32)40)41-19-28(39)36-21-10-6-5-7-11-21/h5-13,18,20,27,30,37,40H,14-17,19H2,1-4H3,(H,36,39)/t20-,27+,30+,32-,33-,34+,35+/m1/s1. The first-order valence-electron chi connectivity index (χ1n) is 15.4. The molecule has 3 aromatic rings. The Morgan fingerprint density at radius 2 is 1.81 bits per heavy atom. The Bertz CT molecular complexity index is 1710. The number of carbonyl (C=O) groups is 2. The maximum absolute atomic E-state index is 13.5. The molecule has 3 aliphatic carbocycles. The molecule has 1 saturated heterocycles. The Balaban J connectivity index is 1.24. The molecular formula is C35H38N2O6. The Morgan fingerprint density at radius 3 is 2.60 bits per heavy atom. The van der Waals surface area contributed by atoms with Gasteiger partial charge in [0.1, 0.15) is 17.8 Å². The molecule has 8 rings (SSSR count). The number of carbonyl (C=O) groups excluding carboxylic acids is 2. The zero-order chi connectivity index (χ0) is 30.0. The fourth-order valence-electron chi connectivity index (χ4n) is 9.48. The number of aliphatic hydroxyl groups is 1. The summed E-state index contributed by atoms with van der Waals surface area (Å²) in [7, 11) is 0. The van der Waals surface area contributed by atoms with E-state index in [0.29, 0.717) is 30.5 Å². The number of amides is 1. The molecule has 2 aromatic carbocycles. The molecule has 3 heterocycles. The van der Waals surface area contributed by atoms with Crippen molar-refractivity contribution in [3.8, 4) is 0 Å². The SMILES string of the molecule is CC1(C)O[C@@]23CC[C@]4(C)[C@@]5(C)c6[nH]c7ccccc7c6C[C@@H]5C[C@H](OCC(=O)Nc5ccccc5)[C@@]4(O)C2=CC(=O)[C@@H]1O3. The van der Waals surface area contributed by atoms with Crippen molar-refractivity contribution in [1.29, 1.82) is 0 Å². The van der Waals surface area contributed by atoms with E-state index in [2.05, 4.69) is 42.3 Å². The van der Waals surface area contributed by atoms with E-state index in [1.807, 2.05) is 50.2 Å². The van der Waals surface area contributed by atoms with Crippen LogP contribution in [0.5, 0.6) is 0 Å². The fraction of sp³-hybridized carbons (Fsp3) is 0.486. The van der Waals surface area contributed by atoms with Crippen LogP contribution in [0.2, 0.25) is 0 Å². The normalized spacial score (nSPS) is 38.6. The van der Waals surface area contributed by atoms with E-state index >= 15 is 0 Å². The van der Waals surface area contributed by atoms with Crippen LogP contribution in [0, 0.1) is 11.3 Å². The van der Waals surface area contributed by atoms with Gasteiger partial charge in [-0.05, 0) is 68.9 Å². The van der Waals surface area contributed by atoms with Gasteiger partial charge in [0.2, 0.25) is 5.91 Å². The number of hydrogen-bond acceptors (Lipinski definition) is 6. The van der Waals surface area contributed by atoms with Crippen LogP contribution in [-0.4, -0.2) is 57.6 Å². The summed E-state index contributed by atoms with van der Waals surface area (Å²) in [6, 6.07) is 17.6. The van der Waals surface area contributed by atoms with Crippen molar-refractivity contribution in [2.24, 2.45) is 11.3 Å². The molecule has 8 nitrogen and oxygen atoms in total.